The number of hydrogen-bond donors (Lipinski definition) is 1. The topological polar surface area (TPSA) is 54.4 Å². The highest BCUT2D eigenvalue weighted by Crippen LogP contribution is 2.19. The van der Waals surface area contributed by atoms with E-state index < -0.39 is 0 Å². The molecule has 1 fully saturated rings. The minimum Gasteiger partial charge on any atom is -0.409 e. The molecule has 1 atom stereocenters. The molecule has 1 saturated heterocycles. The van der Waals surface area contributed by atoms with Crippen molar-refractivity contribution in [3.8, 4) is 11.5 Å². The SMILES string of the molecule is Cc1ccc(-c2nn(CN3CCC[C@H](O)C3)c(=S)o2)cc1. The molecule has 2 aromatic rings. The highest BCUT2D eigenvalue weighted by Gasteiger charge is 2.19. The van der Waals surface area contributed by atoms with Gasteiger partial charge in [0.1, 0.15) is 0 Å². The van der Waals surface area contributed by atoms with Gasteiger partial charge in [0.15, 0.2) is 0 Å². The summed E-state index contributed by atoms with van der Waals surface area (Å²) in [6, 6.07) is 8.00. The number of aliphatic hydroxyl groups excluding tert-OH is 1. The van der Waals surface area contributed by atoms with Gasteiger partial charge in [-0.1, -0.05) is 17.7 Å². The van der Waals surface area contributed by atoms with Crippen LogP contribution < -0.4 is 0 Å². The van der Waals surface area contributed by atoms with E-state index in [9.17, 15) is 5.11 Å². The van der Waals surface area contributed by atoms with E-state index in [0.717, 1.165) is 24.9 Å². The second-order valence-corrected chi connectivity index (χ2v) is 5.90. The van der Waals surface area contributed by atoms with E-state index in [4.69, 9.17) is 16.6 Å². The highest BCUT2D eigenvalue weighted by molar-refractivity contribution is 7.71. The molecule has 0 amide bonds. The van der Waals surface area contributed by atoms with Crippen LogP contribution in [0.1, 0.15) is 18.4 Å². The van der Waals surface area contributed by atoms with Crippen LogP contribution in [0.25, 0.3) is 11.5 Å². The Bertz CT molecular complexity index is 662. The first-order valence-corrected chi connectivity index (χ1v) is 7.58. The van der Waals surface area contributed by atoms with E-state index in [2.05, 4.69) is 10.00 Å². The van der Waals surface area contributed by atoms with Crippen LogP contribution in [0.5, 0.6) is 0 Å². The minimum atomic E-state index is -0.253. The first kappa shape index (κ1) is 14.4. The molecule has 0 aliphatic carbocycles. The molecule has 0 spiro atoms. The number of β-amino-alcohol motifs (C(OH)–C–C–N with tert-alkyl or cyclic N) is 1. The van der Waals surface area contributed by atoms with E-state index in [1.807, 2.05) is 31.2 Å². The van der Waals surface area contributed by atoms with Gasteiger partial charge >= 0.3 is 0 Å². The summed E-state index contributed by atoms with van der Waals surface area (Å²) in [5.41, 5.74) is 2.11. The van der Waals surface area contributed by atoms with Crippen LogP contribution in [0.3, 0.4) is 0 Å². The summed E-state index contributed by atoms with van der Waals surface area (Å²) in [7, 11) is 0. The van der Waals surface area contributed by atoms with Crippen molar-refractivity contribution in [3.05, 3.63) is 34.7 Å². The maximum atomic E-state index is 9.72. The van der Waals surface area contributed by atoms with E-state index in [1.54, 1.807) is 4.68 Å². The van der Waals surface area contributed by atoms with Crippen molar-refractivity contribution in [2.75, 3.05) is 13.1 Å². The second kappa shape index (κ2) is 6.09. The fourth-order valence-corrected chi connectivity index (χ4v) is 2.73. The number of likely N-dealkylation sites (tertiary alicyclic amines) is 1. The molecule has 3 rings (SSSR count). The normalized spacial score (nSPS) is 19.8. The van der Waals surface area contributed by atoms with E-state index in [-0.39, 0.29) is 6.10 Å². The summed E-state index contributed by atoms with van der Waals surface area (Å²) in [6.07, 6.45) is 1.61. The predicted octanol–water partition coefficient (Wildman–Crippen LogP) is 2.60. The van der Waals surface area contributed by atoms with Crippen molar-refractivity contribution in [2.24, 2.45) is 0 Å². The zero-order chi connectivity index (χ0) is 14.8. The smallest absolute Gasteiger partial charge is 0.288 e. The molecule has 0 bridgehead atoms. The Labute approximate surface area is 128 Å². The van der Waals surface area contributed by atoms with Gasteiger partial charge in [0.25, 0.3) is 4.84 Å². The molecule has 5 nitrogen and oxygen atoms in total. The van der Waals surface area contributed by atoms with Crippen LogP contribution in [-0.4, -0.2) is 39.0 Å². The number of rotatable bonds is 3. The number of piperidine rings is 1. The van der Waals surface area contributed by atoms with Crippen LogP contribution in [-0.2, 0) is 6.67 Å². The van der Waals surface area contributed by atoms with Gasteiger partial charge in [0.2, 0.25) is 5.89 Å². The van der Waals surface area contributed by atoms with Gasteiger partial charge in [-0.3, -0.25) is 4.90 Å². The number of aryl methyl sites for hydroxylation is 1. The lowest BCUT2D eigenvalue weighted by Gasteiger charge is -2.29. The van der Waals surface area contributed by atoms with Crippen molar-refractivity contribution in [3.63, 3.8) is 0 Å². The van der Waals surface area contributed by atoms with E-state index in [1.165, 1.54) is 5.56 Å². The van der Waals surface area contributed by atoms with Crippen molar-refractivity contribution in [1.29, 1.82) is 0 Å². The highest BCUT2D eigenvalue weighted by atomic mass is 32.1. The molecular weight excluding hydrogens is 286 g/mol. The monoisotopic (exact) mass is 305 g/mol. The van der Waals surface area contributed by atoms with Crippen molar-refractivity contribution >= 4 is 12.2 Å². The van der Waals surface area contributed by atoms with Gasteiger partial charge in [-0.2, -0.15) is 0 Å². The summed E-state index contributed by atoms with van der Waals surface area (Å²) in [4.78, 5) is 2.51. The molecule has 21 heavy (non-hydrogen) atoms. The number of nitrogens with zero attached hydrogens (tertiary/aromatic N) is 3. The average Bonchev–Trinajstić information content (AvgIpc) is 2.81. The molecule has 1 N–H and O–H groups in total. The van der Waals surface area contributed by atoms with Crippen molar-refractivity contribution < 1.29 is 9.52 Å². The van der Waals surface area contributed by atoms with Crippen LogP contribution in [0.2, 0.25) is 0 Å². The predicted molar refractivity (Wildman–Crippen MR) is 82.3 cm³/mol. The van der Waals surface area contributed by atoms with E-state index in [0.29, 0.717) is 23.9 Å². The number of aromatic nitrogens is 2. The lowest BCUT2D eigenvalue weighted by molar-refractivity contribution is 0.0509. The Morgan fingerprint density at radius 3 is 2.86 bits per heavy atom. The second-order valence-electron chi connectivity index (χ2n) is 5.55. The first-order chi connectivity index (χ1) is 10.1. The van der Waals surface area contributed by atoms with Gasteiger partial charge in [-0.15, -0.1) is 5.10 Å². The van der Waals surface area contributed by atoms with Crippen LogP contribution in [0.15, 0.2) is 28.7 Å². The number of hydrogen-bond acceptors (Lipinski definition) is 5. The Morgan fingerprint density at radius 1 is 1.38 bits per heavy atom. The number of benzene rings is 1. The third-order valence-electron chi connectivity index (χ3n) is 3.72. The maximum absolute atomic E-state index is 9.72. The molecule has 0 saturated carbocycles. The molecular formula is C15H19N3O2S. The molecule has 1 aromatic carbocycles. The molecule has 6 heteroatoms. The Kier molecular flexibility index (Phi) is 4.19. The summed E-state index contributed by atoms with van der Waals surface area (Å²) in [6.45, 7) is 4.21. The molecule has 0 unspecified atom stereocenters. The van der Waals surface area contributed by atoms with Gasteiger partial charge in [0, 0.05) is 18.7 Å². The van der Waals surface area contributed by atoms with Crippen molar-refractivity contribution in [2.45, 2.75) is 32.5 Å². The third-order valence-corrected chi connectivity index (χ3v) is 4.01. The summed E-state index contributed by atoms with van der Waals surface area (Å²) in [5.74, 6) is 0.539. The Balaban J connectivity index is 1.78. The quantitative estimate of drug-likeness (QED) is 0.883. The molecule has 1 aliphatic heterocycles. The summed E-state index contributed by atoms with van der Waals surface area (Å²) < 4.78 is 7.27. The van der Waals surface area contributed by atoms with Crippen LogP contribution >= 0.6 is 12.2 Å². The first-order valence-electron chi connectivity index (χ1n) is 7.17. The lowest BCUT2D eigenvalue weighted by Crippen LogP contribution is -2.39. The van der Waals surface area contributed by atoms with Crippen molar-refractivity contribution in [1.82, 2.24) is 14.7 Å². The fraction of sp³-hybridized carbons (Fsp3) is 0.467. The lowest BCUT2D eigenvalue weighted by atomic mass is 10.1. The average molecular weight is 305 g/mol. The standard InChI is InChI=1S/C15H19N3O2S/c1-11-4-6-12(7-5-11)14-16-18(15(21)20-14)10-17-8-2-3-13(19)9-17/h4-7,13,19H,2-3,8-10H2,1H3/t13-/m0/s1. The van der Waals surface area contributed by atoms with Gasteiger partial charge < -0.3 is 9.52 Å². The zero-order valence-corrected chi connectivity index (χ0v) is 12.8. The molecule has 1 aromatic heterocycles. The molecule has 0 radical (unpaired) electrons. The molecule has 2 heterocycles. The molecule has 112 valence electrons. The number of aliphatic hydroxyl groups is 1. The van der Waals surface area contributed by atoms with Gasteiger partial charge in [-0.25, -0.2) is 4.68 Å². The largest absolute Gasteiger partial charge is 0.409 e. The van der Waals surface area contributed by atoms with Gasteiger partial charge in [-0.05, 0) is 44.1 Å². The van der Waals surface area contributed by atoms with Crippen LogP contribution in [0, 0.1) is 11.8 Å². The molecule has 1 aliphatic rings. The maximum Gasteiger partial charge on any atom is 0.288 e. The minimum absolute atomic E-state index is 0.253. The Hall–Kier alpha value is -1.50. The zero-order valence-electron chi connectivity index (χ0n) is 12.0. The van der Waals surface area contributed by atoms with Crippen LogP contribution in [0.4, 0.5) is 0 Å². The summed E-state index contributed by atoms with van der Waals surface area (Å²) >= 11 is 5.24. The van der Waals surface area contributed by atoms with Gasteiger partial charge in [0.05, 0.1) is 12.8 Å². The van der Waals surface area contributed by atoms with E-state index >= 15 is 0 Å². The third kappa shape index (κ3) is 3.40. The summed E-state index contributed by atoms with van der Waals surface area (Å²) in [5, 5.41) is 14.2. The Morgan fingerprint density at radius 2 is 2.14 bits per heavy atom. The fourth-order valence-electron chi connectivity index (χ4n) is 2.56.